The van der Waals surface area contributed by atoms with Gasteiger partial charge in [-0.3, -0.25) is 4.99 Å². The highest BCUT2D eigenvalue weighted by atomic mass is 16.6. The van der Waals surface area contributed by atoms with Crippen LogP contribution in [0.4, 0.5) is 4.79 Å². The number of likely N-dealkylation sites (N-methyl/N-ethyl adjacent to an activating group) is 1. The number of hydrogen-bond acceptors (Lipinski definition) is 4. The average Bonchev–Trinajstić information content (AvgIpc) is 2.55. The standard InChI is InChI=1S/C20H40N4O3/c1-19(2,3)16-15(10-9-13-26-16)14-23-17(21-7)22-11-12-24(8)18(25)27-20(4,5)6/h15-16H,9-14H2,1-8H3,(H2,21,22,23). The Balaban J connectivity index is 2.41. The van der Waals surface area contributed by atoms with Crippen LogP contribution in [0.25, 0.3) is 0 Å². The first kappa shape index (κ1) is 23.5. The minimum absolute atomic E-state index is 0.125. The fourth-order valence-electron chi connectivity index (χ4n) is 3.23. The zero-order valence-corrected chi connectivity index (χ0v) is 18.5. The van der Waals surface area contributed by atoms with Crippen LogP contribution in [0.2, 0.25) is 0 Å². The number of aliphatic imine (C=N–C) groups is 1. The lowest BCUT2D eigenvalue weighted by molar-refractivity contribution is -0.0835. The van der Waals surface area contributed by atoms with E-state index >= 15 is 0 Å². The third-order valence-electron chi connectivity index (χ3n) is 4.50. The maximum atomic E-state index is 12.0. The van der Waals surface area contributed by atoms with Gasteiger partial charge >= 0.3 is 6.09 Å². The monoisotopic (exact) mass is 384 g/mol. The molecule has 0 saturated carbocycles. The van der Waals surface area contributed by atoms with Crippen LogP contribution in [-0.4, -0.2) is 69.0 Å². The molecule has 0 aromatic rings. The first-order valence-corrected chi connectivity index (χ1v) is 9.94. The van der Waals surface area contributed by atoms with E-state index in [9.17, 15) is 4.79 Å². The summed E-state index contributed by atoms with van der Waals surface area (Å²) in [6.07, 6.45) is 2.19. The van der Waals surface area contributed by atoms with Crippen LogP contribution in [0.3, 0.4) is 0 Å². The van der Waals surface area contributed by atoms with E-state index in [2.05, 4.69) is 36.4 Å². The zero-order chi connectivity index (χ0) is 20.7. The summed E-state index contributed by atoms with van der Waals surface area (Å²) in [5.74, 6) is 1.20. The van der Waals surface area contributed by atoms with E-state index in [1.165, 1.54) is 0 Å². The summed E-state index contributed by atoms with van der Waals surface area (Å²) < 4.78 is 11.4. The van der Waals surface area contributed by atoms with Crippen molar-refractivity contribution in [2.24, 2.45) is 16.3 Å². The molecule has 0 aromatic carbocycles. The van der Waals surface area contributed by atoms with E-state index in [0.29, 0.717) is 19.0 Å². The average molecular weight is 385 g/mol. The van der Waals surface area contributed by atoms with Gasteiger partial charge in [0.25, 0.3) is 0 Å². The van der Waals surface area contributed by atoms with Crippen molar-refractivity contribution in [2.45, 2.75) is 66.1 Å². The van der Waals surface area contributed by atoms with Crippen molar-refractivity contribution in [1.29, 1.82) is 0 Å². The molecule has 1 saturated heterocycles. The molecule has 0 spiro atoms. The molecule has 1 rings (SSSR count). The Morgan fingerprint density at radius 3 is 2.44 bits per heavy atom. The molecule has 2 N–H and O–H groups in total. The predicted octanol–water partition coefficient (Wildman–Crippen LogP) is 2.86. The van der Waals surface area contributed by atoms with Crippen LogP contribution in [0.5, 0.6) is 0 Å². The van der Waals surface area contributed by atoms with Gasteiger partial charge in [0.15, 0.2) is 5.96 Å². The first-order chi connectivity index (χ1) is 12.4. The molecule has 0 aromatic heterocycles. The second-order valence-corrected chi connectivity index (χ2v) is 9.34. The summed E-state index contributed by atoms with van der Waals surface area (Å²) in [6, 6.07) is 0. The van der Waals surface area contributed by atoms with E-state index in [4.69, 9.17) is 9.47 Å². The van der Waals surface area contributed by atoms with Crippen molar-refractivity contribution in [2.75, 3.05) is 40.3 Å². The molecular weight excluding hydrogens is 344 g/mol. The van der Waals surface area contributed by atoms with Gasteiger partial charge in [0, 0.05) is 46.3 Å². The fourth-order valence-corrected chi connectivity index (χ4v) is 3.23. The van der Waals surface area contributed by atoms with Crippen LogP contribution in [0.15, 0.2) is 4.99 Å². The highest BCUT2D eigenvalue weighted by Gasteiger charge is 2.35. The largest absolute Gasteiger partial charge is 0.444 e. The third kappa shape index (κ3) is 8.82. The number of rotatable bonds is 5. The molecule has 158 valence electrons. The molecule has 1 aliphatic rings. The molecule has 0 aliphatic carbocycles. The molecule has 0 bridgehead atoms. The number of guanidine groups is 1. The Labute approximate surface area is 165 Å². The van der Waals surface area contributed by atoms with Crippen molar-refractivity contribution < 1.29 is 14.3 Å². The van der Waals surface area contributed by atoms with Gasteiger partial charge in [-0.15, -0.1) is 0 Å². The van der Waals surface area contributed by atoms with Gasteiger partial charge < -0.3 is 25.0 Å². The smallest absolute Gasteiger partial charge is 0.410 e. The second-order valence-electron chi connectivity index (χ2n) is 9.34. The fraction of sp³-hybridized carbons (Fsp3) is 0.900. The van der Waals surface area contributed by atoms with Crippen LogP contribution in [-0.2, 0) is 9.47 Å². The Morgan fingerprint density at radius 1 is 1.22 bits per heavy atom. The summed E-state index contributed by atoms with van der Waals surface area (Å²) in [7, 11) is 3.49. The molecule has 2 atom stereocenters. The lowest BCUT2D eigenvalue weighted by Gasteiger charge is -2.40. The topological polar surface area (TPSA) is 75.2 Å². The van der Waals surface area contributed by atoms with Crippen LogP contribution >= 0.6 is 0 Å². The van der Waals surface area contributed by atoms with E-state index in [0.717, 1.165) is 32.0 Å². The highest BCUT2D eigenvalue weighted by Crippen LogP contribution is 2.33. The predicted molar refractivity (Wildman–Crippen MR) is 110 cm³/mol. The van der Waals surface area contributed by atoms with Gasteiger partial charge in [0.1, 0.15) is 5.60 Å². The molecule has 1 heterocycles. The summed E-state index contributed by atoms with van der Waals surface area (Å²) >= 11 is 0. The summed E-state index contributed by atoms with van der Waals surface area (Å²) in [6.45, 7) is 15.1. The van der Waals surface area contributed by atoms with E-state index in [1.54, 1.807) is 19.0 Å². The zero-order valence-electron chi connectivity index (χ0n) is 18.5. The third-order valence-corrected chi connectivity index (χ3v) is 4.50. The van der Waals surface area contributed by atoms with E-state index < -0.39 is 5.60 Å². The molecule has 2 unspecified atom stereocenters. The van der Waals surface area contributed by atoms with Crippen molar-refractivity contribution >= 4 is 12.1 Å². The summed E-state index contributed by atoms with van der Waals surface area (Å²) in [5, 5.41) is 6.67. The molecular formula is C20H40N4O3. The van der Waals surface area contributed by atoms with Crippen LogP contribution in [0.1, 0.15) is 54.4 Å². The van der Waals surface area contributed by atoms with Gasteiger partial charge in [0.2, 0.25) is 0 Å². The van der Waals surface area contributed by atoms with Crippen molar-refractivity contribution in [3.05, 3.63) is 0 Å². The minimum Gasteiger partial charge on any atom is -0.444 e. The molecule has 1 amide bonds. The van der Waals surface area contributed by atoms with Crippen molar-refractivity contribution in [1.82, 2.24) is 15.5 Å². The Hall–Kier alpha value is -1.50. The summed E-state index contributed by atoms with van der Waals surface area (Å²) in [4.78, 5) is 17.8. The number of ether oxygens (including phenoxy) is 2. The Morgan fingerprint density at radius 2 is 1.89 bits per heavy atom. The number of nitrogens with one attached hydrogen (secondary N) is 2. The molecule has 1 fully saturated rings. The number of amides is 1. The number of nitrogens with zero attached hydrogens (tertiary/aromatic N) is 2. The Bertz CT molecular complexity index is 494. The Kier molecular flexibility index (Phi) is 8.85. The SMILES string of the molecule is CN=C(NCCN(C)C(=O)OC(C)(C)C)NCC1CCCOC1C(C)(C)C. The van der Waals surface area contributed by atoms with Gasteiger partial charge in [-0.1, -0.05) is 20.8 Å². The quantitative estimate of drug-likeness (QED) is 0.563. The number of carbonyl (C=O) groups excluding carboxylic acids is 1. The van der Waals surface area contributed by atoms with Crippen LogP contribution in [0, 0.1) is 11.3 Å². The second kappa shape index (κ2) is 10.2. The van der Waals surface area contributed by atoms with Gasteiger partial charge in [0.05, 0.1) is 6.10 Å². The molecule has 7 nitrogen and oxygen atoms in total. The maximum Gasteiger partial charge on any atom is 0.410 e. The lowest BCUT2D eigenvalue weighted by atomic mass is 9.78. The lowest BCUT2D eigenvalue weighted by Crippen LogP contribution is -2.48. The first-order valence-electron chi connectivity index (χ1n) is 9.94. The molecule has 0 radical (unpaired) electrons. The van der Waals surface area contributed by atoms with Gasteiger partial charge in [-0.2, -0.15) is 0 Å². The van der Waals surface area contributed by atoms with E-state index in [1.807, 2.05) is 20.8 Å². The minimum atomic E-state index is -0.484. The maximum absolute atomic E-state index is 12.0. The van der Waals surface area contributed by atoms with Crippen molar-refractivity contribution in [3.63, 3.8) is 0 Å². The van der Waals surface area contributed by atoms with Gasteiger partial charge in [-0.05, 0) is 39.0 Å². The summed E-state index contributed by atoms with van der Waals surface area (Å²) in [5.41, 5.74) is -0.359. The van der Waals surface area contributed by atoms with Crippen molar-refractivity contribution in [3.8, 4) is 0 Å². The van der Waals surface area contributed by atoms with Crippen LogP contribution < -0.4 is 10.6 Å². The molecule has 27 heavy (non-hydrogen) atoms. The molecule has 7 heteroatoms. The number of carbonyl (C=O) groups is 1. The van der Waals surface area contributed by atoms with Gasteiger partial charge in [-0.25, -0.2) is 4.79 Å². The number of hydrogen-bond donors (Lipinski definition) is 2. The van der Waals surface area contributed by atoms with E-state index in [-0.39, 0.29) is 17.6 Å². The molecule has 1 aliphatic heterocycles. The normalized spacial score (nSPS) is 21.6. The highest BCUT2D eigenvalue weighted by molar-refractivity contribution is 5.79.